The molecule has 9 rings (SSSR count). The molecule has 0 aromatic rings. The van der Waals surface area contributed by atoms with E-state index < -0.39 is 0 Å². The summed E-state index contributed by atoms with van der Waals surface area (Å²) >= 11 is 4.61. The van der Waals surface area contributed by atoms with Gasteiger partial charge >= 0.3 is 0 Å². The van der Waals surface area contributed by atoms with Crippen LogP contribution in [0.5, 0.6) is 0 Å². The number of nitrogens with zero attached hydrogens (tertiary/aromatic N) is 2. The van der Waals surface area contributed by atoms with Crippen LogP contribution in [-0.4, -0.2) is 78.6 Å². The first-order valence-corrected chi connectivity index (χ1v) is 18.9. The Balaban J connectivity index is 1.15. The van der Waals surface area contributed by atoms with E-state index in [0.29, 0.717) is 64.2 Å². The fourth-order valence-corrected chi connectivity index (χ4v) is 16.5. The van der Waals surface area contributed by atoms with Crippen molar-refractivity contribution < 1.29 is 9.59 Å². The Labute approximate surface area is 243 Å². The molecule has 0 radical (unpaired) electrons. The van der Waals surface area contributed by atoms with Crippen molar-refractivity contribution in [3.05, 3.63) is 0 Å². The largest absolute Gasteiger partial charge is 0.299 e. The molecule has 0 aromatic heterocycles. The second kappa shape index (κ2) is 9.48. The zero-order valence-corrected chi connectivity index (χ0v) is 25.4. The maximum absolute atomic E-state index is 14.5. The molecular weight excluding hydrogens is 521 g/mol. The van der Waals surface area contributed by atoms with Crippen LogP contribution in [0.15, 0.2) is 0 Å². The number of carbonyl (C=O) groups is 2. The van der Waals surface area contributed by atoms with Crippen LogP contribution >= 0.6 is 23.5 Å². The number of hydrogen-bond donors (Lipinski definition) is 0. The highest BCUT2D eigenvalue weighted by atomic mass is 32.2. The van der Waals surface area contributed by atoms with Crippen molar-refractivity contribution in [1.82, 2.24) is 9.80 Å². The van der Waals surface area contributed by atoms with E-state index >= 15 is 0 Å². The van der Waals surface area contributed by atoms with E-state index in [4.69, 9.17) is 0 Å². The van der Waals surface area contributed by atoms with Gasteiger partial charge in [0.2, 0.25) is 0 Å². The number of ketones is 2. The van der Waals surface area contributed by atoms with Gasteiger partial charge in [0, 0.05) is 80.9 Å². The van der Waals surface area contributed by atoms with E-state index in [1.807, 2.05) is 0 Å². The average Bonchev–Trinajstić information content (AvgIpc) is 2.97. The van der Waals surface area contributed by atoms with Crippen molar-refractivity contribution >= 4 is 35.1 Å². The van der Waals surface area contributed by atoms with Crippen LogP contribution in [0.1, 0.15) is 103 Å². The molecule has 4 nitrogen and oxygen atoms in total. The summed E-state index contributed by atoms with van der Waals surface area (Å²) in [7, 11) is 0. The Morgan fingerprint density at radius 1 is 0.513 bits per heavy atom. The van der Waals surface area contributed by atoms with Gasteiger partial charge in [0.05, 0.1) is 0 Å². The first-order valence-electron chi connectivity index (χ1n) is 17.0. The summed E-state index contributed by atoms with van der Waals surface area (Å²) in [6.07, 6.45) is 19.1. The van der Waals surface area contributed by atoms with E-state index in [0.717, 1.165) is 29.8 Å². The first kappa shape index (κ1) is 25.5. The van der Waals surface area contributed by atoms with Crippen molar-refractivity contribution in [2.75, 3.05) is 0 Å². The number of Topliss-reactive ketones (excluding diaryl/α,β-unsaturated/α-hetero) is 2. The summed E-state index contributed by atoms with van der Waals surface area (Å²) < 4.78 is 0. The zero-order valence-electron chi connectivity index (χ0n) is 23.8. The van der Waals surface area contributed by atoms with Gasteiger partial charge in [-0.3, -0.25) is 19.4 Å². The van der Waals surface area contributed by atoms with Crippen molar-refractivity contribution in [1.29, 1.82) is 0 Å². The summed E-state index contributed by atoms with van der Waals surface area (Å²) in [5.74, 6) is 2.29. The topological polar surface area (TPSA) is 40.6 Å². The van der Waals surface area contributed by atoms with Gasteiger partial charge in [0.1, 0.15) is 11.6 Å². The number of carbonyl (C=O) groups excluding carboxylic acids is 2. The molecule has 6 heteroatoms. The summed E-state index contributed by atoms with van der Waals surface area (Å²) in [5, 5.41) is 2.86. The second-order valence-electron chi connectivity index (χ2n) is 15.2. The molecular formula is C33H48N2O2S2. The fraction of sp³-hybridized carbons (Fsp3) is 0.939. The minimum absolute atomic E-state index is 0.105. The summed E-state index contributed by atoms with van der Waals surface area (Å²) in [5.41, 5.74) is 0. The van der Waals surface area contributed by atoms with Crippen molar-refractivity contribution in [3.8, 4) is 0 Å². The Hall–Kier alpha value is -0.0400. The second-order valence-corrected chi connectivity index (χ2v) is 18.1. The zero-order chi connectivity index (χ0) is 26.0. The van der Waals surface area contributed by atoms with Crippen molar-refractivity contribution in [3.63, 3.8) is 0 Å². The molecule has 0 amide bonds. The molecule has 0 N–H and O–H groups in total. The third kappa shape index (κ3) is 3.53. The van der Waals surface area contributed by atoms with Crippen LogP contribution in [-0.2, 0) is 9.59 Å². The molecule has 39 heavy (non-hydrogen) atoms. The number of hydrogen-bond acceptors (Lipinski definition) is 6. The van der Waals surface area contributed by atoms with Crippen molar-refractivity contribution in [2.24, 2.45) is 29.6 Å². The Bertz CT molecular complexity index is 959. The fourth-order valence-electron chi connectivity index (χ4n) is 12.4. The minimum Gasteiger partial charge on any atom is -0.299 e. The number of fused-ring (bicyclic) bond motifs is 8. The predicted octanol–water partition coefficient (Wildman–Crippen LogP) is 5.96. The standard InChI is InChI=1S/C33H48N2O2S2/c1-17-28-20(32(36)18-8-6-14-26-30(18)34(28)22-10-2-4-12-24(22)38-26)16-21-29(17)35-23-11-3-5-13-25(23)39-27-15-7-9-19(31(27)35)33(21)37/h17-31H,2-16H2,1H3. The quantitative estimate of drug-likeness (QED) is 0.359. The van der Waals surface area contributed by atoms with Crippen LogP contribution in [0.2, 0.25) is 0 Å². The molecule has 4 aliphatic heterocycles. The lowest BCUT2D eigenvalue weighted by atomic mass is 9.55. The Kier molecular flexibility index (Phi) is 6.19. The van der Waals surface area contributed by atoms with E-state index in [1.165, 1.54) is 77.0 Å². The lowest BCUT2D eigenvalue weighted by Crippen LogP contribution is -2.78. The molecule has 9 aliphatic rings. The molecule has 5 saturated carbocycles. The van der Waals surface area contributed by atoms with Crippen LogP contribution in [0, 0.1) is 29.6 Å². The maximum Gasteiger partial charge on any atom is 0.142 e. The van der Waals surface area contributed by atoms with E-state index in [1.54, 1.807) is 0 Å². The molecule has 214 valence electrons. The molecule has 4 heterocycles. The van der Waals surface area contributed by atoms with Crippen LogP contribution < -0.4 is 0 Å². The van der Waals surface area contributed by atoms with Gasteiger partial charge in [-0.2, -0.15) is 23.5 Å². The minimum atomic E-state index is 0.105. The first-order chi connectivity index (χ1) is 19.1. The van der Waals surface area contributed by atoms with Gasteiger partial charge in [0.15, 0.2) is 0 Å². The predicted molar refractivity (Wildman–Crippen MR) is 159 cm³/mol. The average molecular weight is 569 g/mol. The van der Waals surface area contributed by atoms with Gasteiger partial charge in [-0.05, 0) is 63.7 Å². The molecule has 0 aromatic carbocycles. The number of rotatable bonds is 0. The van der Waals surface area contributed by atoms with Gasteiger partial charge in [-0.25, -0.2) is 0 Å². The molecule has 0 spiro atoms. The van der Waals surface area contributed by atoms with Gasteiger partial charge in [-0.1, -0.05) is 45.4 Å². The summed E-state index contributed by atoms with van der Waals surface area (Å²) in [6, 6.07) is 3.03. The third-order valence-electron chi connectivity index (χ3n) is 13.6. The lowest BCUT2D eigenvalue weighted by Gasteiger charge is -2.69. The highest BCUT2D eigenvalue weighted by Crippen LogP contribution is 2.60. The number of piperidine rings is 2. The van der Waals surface area contributed by atoms with Crippen LogP contribution in [0.4, 0.5) is 0 Å². The van der Waals surface area contributed by atoms with Crippen molar-refractivity contribution in [2.45, 2.75) is 160 Å². The van der Waals surface area contributed by atoms with Crippen LogP contribution in [0.3, 0.4) is 0 Å². The third-order valence-corrected chi connectivity index (χ3v) is 17.2. The number of thioether (sulfide) groups is 2. The molecule has 5 aliphatic carbocycles. The highest BCUT2D eigenvalue weighted by Gasteiger charge is 2.66. The maximum atomic E-state index is 14.5. The smallest absolute Gasteiger partial charge is 0.142 e. The van der Waals surface area contributed by atoms with Crippen LogP contribution in [0.25, 0.3) is 0 Å². The highest BCUT2D eigenvalue weighted by molar-refractivity contribution is 8.00. The van der Waals surface area contributed by atoms with E-state index in [9.17, 15) is 9.59 Å². The SMILES string of the molecule is CC1C2C(CC3C(=O)C4CCCC5SC6CCCCC6N(C54)C31)C(=O)C1CCCC3SC4CCCCC4N2C31. The Morgan fingerprint density at radius 3 is 1.44 bits per heavy atom. The molecule has 14 atom stereocenters. The van der Waals surface area contributed by atoms with Gasteiger partial charge in [-0.15, -0.1) is 0 Å². The van der Waals surface area contributed by atoms with E-state index in [-0.39, 0.29) is 23.7 Å². The molecule has 4 saturated heterocycles. The van der Waals surface area contributed by atoms with E-state index in [2.05, 4.69) is 40.2 Å². The summed E-state index contributed by atoms with van der Waals surface area (Å²) in [4.78, 5) is 35.1. The van der Waals surface area contributed by atoms with Gasteiger partial charge in [0.25, 0.3) is 0 Å². The normalized spacial score (nSPS) is 56.8. The molecule has 14 unspecified atom stereocenters. The summed E-state index contributed by atoms with van der Waals surface area (Å²) in [6.45, 7) is 2.53. The van der Waals surface area contributed by atoms with Gasteiger partial charge < -0.3 is 0 Å². The molecule has 0 bridgehead atoms. The lowest BCUT2D eigenvalue weighted by molar-refractivity contribution is -0.178. The Morgan fingerprint density at radius 2 is 0.949 bits per heavy atom. The molecule has 9 fully saturated rings. The monoisotopic (exact) mass is 568 g/mol.